The van der Waals surface area contributed by atoms with Gasteiger partial charge in [0, 0.05) is 19.2 Å². The molecule has 0 aliphatic carbocycles. The molecule has 1 aliphatic rings. The number of benzene rings is 1. The van der Waals surface area contributed by atoms with E-state index in [4.69, 9.17) is 4.74 Å². The third-order valence-electron chi connectivity index (χ3n) is 4.50. The minimum absolute atomic E-state index is 0.0738. The Morgan fingerprint density at radius 2 is 2.04 bits per heavy atom. The van der Waals surface area contributed by atoms with Gasteiger partial charge in [0.05, 0.1) is 30.3 Å². The van der Waals surface area contributed by atoms with E-state index >= 15 is 0 Å². The molecule has 8 nitrogen and oxygen atoms in total. The van der Waals surface area contributed by atoms with Crippen LogP contribution in [0.25, 0.3) is 0 Å². The number of carbonyl (C=O) groups excluding carboxylic acids is 1. The molecule has 2 aromatic rings. The average molecular weight is 392 g/mol. The number of hydrogen-bond acceptors (Lipinski definition) is 5. The molecule has 1 aromatic heterocycles. The fraction of sp³-hybridized carbons (Fsp3) is 0.444. The van der Waals surface area contributed by atoms with Gasteiger partial charge in [0.2, 0.25) is 15.9 Å². The van der Waals surface area contributed by atoms with Crippen molar-refractivity contribution in [1.82, 2.24) is 19.6 Å². The number of ether oxygens (including phenoxy) is 1. The number of nitrogens with zero attached hydrogens (tertiary/aromatic N) is 2. The predicted octanol–water partition coefficient (Wildman–Crippen LogP) is 1.21. The SMILES string of the molecule is COc1ccc(S(=O)(=O)N[C@@H](C)C(=O)NCc2cn3c(n2)CCCC3)cc1. The van der Waals surface area contributed by atoms with Crippen LogP contribution >= 0.6 is 0 Å². The first-order valence-corrected chi connectivity index (χ1v) is 10.4. The average Bonchev–Trinajstić information content (AvgIpc) is 3.08. The zero-order chi connectivity index (χ0) is 19.4. The second kappa shape index (κ2) is 8.10. The molecule has 0 saturated heterocycles. The van der Waals surface area contributed by atoms with Crippen molar-refractivity contribution < 1.29 is 17.9 Å². The van der Waals surface area contributed by atoms with E-state index in [1.807, 2.05) is 6.20 Å². The molecular formula is C18H24N4O4S. The van der Waals surface area contributed by atoms with E-state index < -0.39 is 22.0 Å². The molecule has 0 radical (unpaired) electrons. The van der Waals surface area contributed by atoms with Gasteiger partial charge in [0.1, 0.15) is 11.6 Å². The van der Waals surface area contributed by atoms with Crippen molar-refractivity contribution in [3.63, 3.8) is 0 Å². The van der Waals surface area contributed by atoms with E-state index in [1.165, 1.54) is 26.2 Å². The Morgan fingerprint density at radius 1 is 1.30 bits per heavy atom. The number of sulfonamides is 1. The zero-order valence-corrected chi connectivity index (χ0v) is 16.3. The van der Waals surface area contributed by atoms with Gasteiger partial charge < -0.3 is 14.6 Å². The molecule has 2 N–H and O–H groups in total. The summed E-state index contributed by atoms with van der Waals surface area (Å²) in [6.07, 6.45) is 5.17. The maximum absolute atomic E-state index is 12.4. The molecule has 27 heavy (non-hydrogen) atoms. The highest BCUT2D eigenvalue weighted by atomic mass is 32.2. The van der Waals surface area contributed by atoms with Gasteiger partial charge in [-0.15, -0.1) is 0 Å². The van der Waals surface area contributed by atoms with E-state index in [1.54, 1.807) is 12.1 Å². The summed E-state index contributed by atoms with van der Waals surface area (Å²) in [4.78, 5) is 16.9. The monoisotopic (exact) mass is 392 g/mol. The Labute approximate surface area is 159 Å². The first kappa shape index (κ1) is 19.4. The molecule has 0 bridgehead atoms. The Hall–Kier alpha value is -2.39. The Bertz CT molecular complexity index is 882. The van der Waals surface area contributed by atoms with Gasteiger partial charge in [-0.05, 0) is 44.0 Å². The minimum Gasteiger partial charge on any atom is -0.497 e. The summed E-state index contributed by atoms with van der Waals surface area (Å²) in [6, 6.07) is 5.07. The normalized spacial score (nSPS) is 15.0. The lowest BCUT2D eigenvalue weighted by molar-refractivity contribution is -0.122. The molecular weight excluding hydrogens is 368 g/mol. The number of aromatic nitrogens is 2. The fourth-order valence-corrected chi connectivity index (χ4v) is 4.20. The molecule has 0 spiro atoms. The molecule has 3 rings (SSSR count). The van der Waals surface area contributed by atoms with Crippen LogP contribution in [-0.4, -0.2) is 37.0 Å². The maximum atomic E-state index is 12.4. The number of carbonyl (C=O) groups is 1. The summed E-state index contributed by atoms with van der Waals surface area (Å²) < 4.78 is 34.3. The van der Waals surface area contributed by atoms with Crippen LogP contribution in [0.3, 0.4) is 0 Å². The first-order valence-electron chi connectivity index (χ1n) is 8.88. The number of hydrogen-bond donors (Lipinski definition) is 2. The van der Waals surface area contributed by atoms with Crippen molar-refractivity contribution in [1.29, 1.82) is 0 Å². The third kappa shape index (κ3) is 4.67. The summed E-state index contributed by atoms with van der Waals surface area (Å²) in [7, 11) is -2.30. The van der Waals surface area contributed by atoms with Gasteiger partial charge in [-0.3, -0.25) is 4.79 Å². The van der Waals surface area contributed by atoms with Crippen LogP contribution in [0.2, 0.25) is 0 Å². The van der Waals surface area contributed by atoms with Gasteiger partial charge in [-0.2, -0.15) is 4.72 Å². The van der Waals surface area contributed by atoms with E-state index in [0.717, 1.165) is 37.3 Å². The maximum Gasteiger partial charge on any atom is 0.241 e. The number of imidazole rings is 1. The van der Waals surface area contributed by atoms with Gasteiger partial charge in [-0.25, -0.2) is 13.4 Å². The topological polar surface area (TPSA) is 102 Å². The largest absolute Gasteiger partial charge is 0.497 e. The number of rotatable bonds is 7. The van der Waals surface area contributed by atoms with Crippen LogP contribution in [0.15, 0.2) is 35.4 Å². The second-order valence-electron chi connectivity index (χ2n) is 6.54. The van der Waals surface area contributed by atoms with E-state index in [-0.39, 0.29) is 11.4 Å². The third-order valence-corrected chi connectivity index (χ3v) is 6.05. The molecule has 9 heteroatoms. The van der Waals surface area contributed by atoms with E-state index in [0.29, 0.717) is 5.75 Å². The van der Waals surface area contributed by atoms with Crippen molar-refractivity contribution >= 4 is 15.9 Å². The molecule has 146 valence electrons. The van der Waals surface area contributed by atoms with Gasteiger partial charge in [0.15, 0.2) is 0 Å². The molecule has 0 unspecified atom stereocenters. The van der Waals surface area contributed by atoms with E-state index in [2.05, 4.69) is 19.6 Å². The molecule has 1 atom stereocenters. The van der Waals surface area contributed by atoms with Crippen LogP contribution in [0.1, 0.15) is 31.3 Å². The predicted molar refractivity (Wildman–Crippen MR) is 99.8 cm³/mol. The number of methoxy groups -OCH3 is 1. The Balaban J connectivity index is 1.57. The lowest BCUT2D eigenvalue weighted by Crippen LogP contribution is -2.44. The lowest BCUT2D eigenvalue weighted by atomic mass is 10.2. The van der Waals surface area contributed by atoms with Gasteiger partial charge in [-0.1, -0.05) is 0 Å². The van der Waals surface area contributed by atoms with Crippen molar-refractivity contribution in [2.24, 2.45) is 0 Å². The number of nitrogens with one attached hydrogen (secondary N) is 2. The van der Waals surface area contributed by atoms with Crippen molar-refractivity contribution in [3.05, 3.63) is 42.0 Å². The zero-order valence-electron chi connectivity index (χ0n) is 15.4. The highest BCUT2D eigenvalue weighted by Crippen LogP contribution is 2.16. The fourth-order valence-electron chi connectivity index (χ4n) is 3.00. The quantitative estimate of drug-likeness (QED) is 0.737. The summed E-state index contributed by atoms with van der Waals surface area (Å²) in [6.45, 7) is 2.73. The highest BCUT2D eigenvalue weighted by Gasteiger charge is 2.22. The molecule has 1 amide bonds. The van der Waals surface area contributed by atoms with Crippen molar-refractivity contribution in [3.8, 4) is 5.75 Å². The molecule has 1 aromatic carbocycles. The van der Waals surface area contributed by atoms with Crippen LogP contribution in [0, 0.1) is 0 Å². The van der Waals surface area contributed by atoms with Gasteiger partial charge >= 0.3 is 0 Å². The second-order valence-corrected chi connectivity index (χ2v) is 8.25. The molecule has 0 fully saturated rings. The summed E-state index contributed by atoms with van der Waals surface area (Å²) in [5, 5.41) is 2.74. The summed E-state index contributed by atoms with van der Waals surface area (Å²) in [5.41, 5.74) is 0.783. The number of fused-ring (bicyclic) bond motifs is 1. The smallest absolute Gasteiger partial charge is 0.241 e. The number of amides is 1. The molecule has 0 saturated carbocycles. The van der Waals surface area contributed by atoms with Crippen molar-refractivity contribution in [2.45, 2.75) is 50.2 Å². The van der Waals surface area contributed by atoms with Crippen molar-refractivity contribution in [2.75, 3.05) is 7.11 Å². The highest BCUT2D eigenvalue weighted by molar-refractivity contribution is 7.89. The van der Waals surface area contributed by atoms with Crippen LogP contribution in [-0.2, 0) is 34.3 Å². The summed E-state index contributed by atoms with van der Waals surface area (Å²) >= 11 is 0. The Morgan fingerprint density at radius 3 is 2.70 bits per heavy atom. The van der Waals surface area contributed by atoms with Gasteiger partial charge in [0.25, 0.3) is 0 Å². The standard InChI is InChI=1S/C18H24N4O4S/c1-13(21-27(24,25)16-8-6-15(26-2)7-9-16)18(23)19-11-14-12-22-10-4-3-5-17(22)20-14/h6-9,12-13,21H,3-5,10-11H2,1-2H3,(H,19,23)/t13-/m0/s1. The van der Waals surface area contributed by atoms with Crippen LogP contribution in [0.4, 0.5) is 0 Å². The van der Waals surface area contributed by atoms with E-state index in [9.17, 15) is 13.2 Å². The molecule has 1 aliphatic heterocycles. The van der Waals surface area contributed by atoms with Crippen LogP contribution < -0.4 is 14.8 Å². The van der Waals surface area contributed by atoms with Crippen LogP contribution in [0.5, 0.6) is 5.75 Å². The number of aryl methyl sites for hydroxylation is 2. The first-order chi connectivity index (χ1) is 12.9. The Kier molecular flexibility index (Phi) is 5.81. The lowest BCUT2D eigenvalue weighted by Gasteiger charge is -2.14. The minimum atomic E-state index is -3.80. The molecule has 2 heterocycles. The summed E-state index contributed by atoms with van der Waals surface area (Å²) in [5.74, 6) is 1.19.